The first kappa shape index (κ1) is 21.0. The Kier molecular flexibility index (Phi) is 6.49. The Labute approximate surface area is 181 Å². The van der Waals surface area contributed by atoms with Gasteiger partial charge in [0.15, 0.2) is 0 Å². The third-order valence-corrected chi connectivity index (χ3v) is 7.45. The minimum atomic E-state index is -0.00447. The van der Waals surface area contributed by atoms with Crippen LogP contribution in [0.25, 0.3) is 10.6 Å². The number of nitrogens with zero attached hydrogens (tertiary/aromatic N) is 3. The van der Waals surface area contributed by atoms with Crippen molar-refractivity contribution in [2.45, 2.75) is 26.7 Å². The number of carbonyl (C=O) groups excluding carboxylic acids is 2. The van der Waals surface area contributed by atoms with Crippen molar-refractivity contribution in [2.75, 3.05) is 39.4 Å². The molecule has 0 radical (unpaired) electrons. The van der Waals surface area contributed by atoms with Crippen molar-refractivity contribution >= 4 is 23.2 Å². The second-order valence-corrected chi connectivity index (χ2v) is 9.15. The number of hydrogen-bond acceptors (Lipinski definition) is 5. The van der Waals surface area contributed by atoms with Gasteiger partial charge >= 0.3 is 0 Å². The van der Waals surface area contributed by atoms with E-state index in [2.05, 4.69) is 4.98 Å². The molecule has 2 aromatic rings. The maximum Gasteiger partial charge on any atom is 0.265 e. The summed E-state index contributed by atoms with van der Waals surface area (Å²) in [4.78, 5) is 35.1. The third kappa shape index (κ3) is 4.42. The number of aromatic nitrogens is 1. The van der Waals surface area contributed by atoms with Gasteiger partial charge in [-0.05, 0) is 25.7 Å². The summed E-state index contributed by atoms with van der Waals surface area (Å²) in [7, 11) is 0. The largest absolute Gasteiger partial charge is 0.378 e. The van der Waals surface area contributed by atoms with Crippen LogP contribution in [0.2, 0.25) is 0 Å². The topological polar surface area (TPSA) is 62.7 Å². The van der Waals surface area contributed by atoms with Crippen molar-refractivity contribution in [1.82, 2.24) is 14.8 Å². The Hall–Kier alpha value is -2.25. The van der Waals surface area contributed by atoms with Gasteiger partial charge in [-0.25, -0.2) is 4.98 Å². The summed E-state index contributed by atoms with van der Waals surface area (Å²) in [5, 5.41) is 0.885. The molecule has 1 aromatic carbocycles. The van der Waals surface area contributed by atoms with Crippen molar-refractivity contribution < 1.29 is 14.3 Å². The summed E-state index contributed by atoms with van der Waals surface area (Å²) in [6.07, 6.45) is 1.73. The molecule has 0 N–H and O–H groups in total. The number of thiazole rings is 1. The summed E-state index contributed by atoms with van der Waals surface area (Å²) >= 11 is 1.47. The number of carbonyl (C=O) groups is 2. The fourth-order valence-electron chi connectivity index (χ4n) is 4.32. The molecule has 1 aromatic heterocycles. The number of aryl methyl sites for hydroxylation is 1. The average molecular weight is 428 g/mol. The zero-order valence-electron chi connectivity index (χ0n) is 17.7. The lowest BCUT2D eigenvalue weighted by molar-refractivity contribution is -0.141. The molecule has 7 heteroatoms. The number of ether oxygens (including phenoxy) is 1. The quantitative estimate of drug-likeness (QED) is 0.750. The molecule has 0 spiro atoms. The molecule has 4 rings (SSSR count). The molecule has 0 aliphatic carbocycles. The fraction of sp³-hybridized carbons (Fsp3) is 0.522. The van der Waals surface area contributed by atoms with Gasteiger partial charge in [0.2, 0.25) is 5.91 Å². The monoisotopic (exact) mass is 427 g/mol. The molecule has 3 heterocycles. The number of rotatable bonds is 4. The number of likely N-dealkylation sites (tertiary alicyclic amines) is 1. The van der Waals surface area contributed by atoms with Crippen LogP contribution in [0.1, 0.15) is 35.1 Å². The van der Waals surface area contributed by atoms with Gasteiger partial charge < -0.3 is 14.5 Å². The van der Waals surface area contributed by atoms with Crippen LogP contribution in [0.4, 0.5) is 0 Å². The van der Waals surface area contributed by atoms with Gasteiger partial charge in [0.05, 0.1) is 18.9 Å². The summed E-state index contributed by atoms with van der Waals surface area (Å²) in [5.74, 6) is 0.619. The predicted molar refractivity (Wildman–Crippen MR) is 117 cm³/mol. The van der Waals surface area contributed by atoms with E-state index in [1.165, 1.54) is 11.3 Å². The Bertz CT molecular complexity index is 884. The number of hydrogen-bond donors (Lipinski definition) is 0. The molecule has 1 unspecified atom stereocenters. The van der Waals surface area contributed by atoms with E-state index >= 15 is 0 Å². The Balaban J connectivity index is 1.36. The lowest BCUT2D eigenvalue weighted by Gasteiger charge is -2.37. The van der Waals surface area contributed by atoms with E-state index in [1.54, 1.807) is 0 Å². The summed E-state index contributed by atoms with van der Waals surface area (Å²) in [6, 6.07) is 9.98. The van der Waals surface area contributed by atoms with E-state index in [-0.39, 0.29) is 17.7 Å². The second kappa shape index (κ2) is 9.27. The minimum absolute atomic E-state index is 0.00447. The molecule has 6 nitrogen and oxygen atoms in total. The summed E-state index contributed by atoms with van der Waals surface area (Å²) in [6.45, 7) is 7.98. The Morgan fingerprint density at radius 3 is 2.40 bits per heavy atom. The van der Waals surface area contributed by atoms with Crippen LogP contribution in [0.15, 0.2) is 30.3 Å². The number of morpholine rings is 1. The highest BCUT2D eigenvalue weighted by Gasteiger charge is 2.33. The lowest BCUT2D eigenvalue weighted by Crippen LogP contribution is -2.47. The Morgan fingerprint density at radius 1 is 1.07 bits per heavy atom. The van der Waals surface area contributed by atoms with Crippen LogP contribution in [-0.2, 0) is 9.53 Å². The first-order valence-electron chi connectivity index (χ1n) is 10.7. The SMILES string of the molecule is Cc1nc(-c2ccccc2)sc1C(=O)N1CCC(C(C)C(=O)N2CCOCC2)CC1. The van der Waals surface area contributed by atoms with Gasteiger partial charge in [0.25, 0.3) is 5.91 Å². The van der Waals surface area contributed by atoms with Gasteiger partial charge in [-0.3, -0.25) is 9.59 Å². The van der Waals surface area contributed by atoms with Gasteiger partial charge in [0.1, 0.15) is 9.88 Å². The maximum atomic E-state index is 13.1. The molecule has 2 aliphatic heterocycles. The summed E-state index contributed by atoms with van der Waals surface area (Å²) < 4.78 is 5.35. The smallest absolute Gasteiger partial charge is 0.265 e. The van der Waals surface area contributed by atoms with Crippen LogP contribution in [0.5, 0.6) is 0 Å². The molecule has 2 fully saturated rings. The van der Waals surface area contributed by atoms with Crippen molar-refractivity contribution in [2.24, 2.45) is 11.8 Å². The van der Waals surface area contributed by atoms with E-state index < -0.39 is 0 Å². The molecule has 2 aliphatic rings. The second-order valence-electron chi connectivity index (χ2n) is 8.16. The van der Waals surface area contributed by atoms with Crippen molar-refractivity contribution in [3.05, 3.63) is 40.9 Å². The number of amides is 2. The Morgan fingerprint density at radius 2 is 1.73 bits per heavy atom. The van der Waals surface area contributed by atoms with Crippen LogP contribution < -0.4 is 0 Å². The number of piperidine rings is 1. The standard InChI is InChI=1S/C23H29N3O3S/c1-16(22(27)26-12-14-29-15-13-26)18-8-10-25(11-9-18)23(28)20-17(2)24-21(30-20)19-6-4-3-5-7-19/h3-7,16,18H,8-15H2,1-2H3. The van der Waals surface area contributed by atoms with Crippen molar-refractivity contribution in [3.63, 3.8) is 0 Å². The normalized spacial score (nSPS) is 19.0. The van der Waals surface area contributed by atoms with Crippen molar-refractivity contribution in [1.29, 1.82) is 0 Å². The molecule has 160 valence electrons. The van der Waals surface area contributed by atoms with Gasteiger partial charge in [-0.2, -0.15) is 0 Å². The van der Waals surface area contributed by atoms with E-state index in [0.717, 1.165) is 34.0 Å². The molecule has 1 atom stereocenters. The van der Waals surface area contributed by atoms with Gasteiger partial charge in [-0.1, -0.05) is 37.3 Å². The van der Waals surface area contributed by atoms with Crippen LogP contribution in [-0.4, -0.2) is 66.0 Å². The molecule has 2 amide bonds. The van der Waals surface area contributed by atoms with Crippen LogP contribution in [0, 0.1) is 18.8 Å². The molecule has 30 heavy (non-hydrogen) atoms. The zero-order valence-corrected chi connectivity index (χ0v) is 18.5. The zero-order chi connectivity index (χ0) is 21.1. The third-order valence-electron chi connectivity index (χ3n) is 6.26. The van der Waals surface area contributed by atoms with Crippen LogP contribution >= 0.6 is 11.3 Å². The number of benzene rings is 1. The van der Waals surface area contributed by atoms with Crippen LogP contribution in [0.3, 0.4) is 0 Å². The van der Waals surface area contributed by atoms with E-state index in [4.69, 9.17) is 4.74 Å². The maximum absolute atomic E-state index is 13.1. The molecular weight excluding hydrogens is 398 g/mol. The first-order valence-corrected chi connectivity index (χ1v) is 11.5. The molecule has 0 saturated carbocycles. The average Bonchev–Trinajstić information content (AvgIpc) is 3.20. The highest BCUT2D eigenvalue weighted by molar-refractivity contribution is 7.17. The highest BCUT2D eigenvalue weighted by Crippen LogP contribution is 2.31. The fourth-order valence-corrected chi connectivity index (χ4v) is 5.36. The van der Waals surface area contributed by atoms with E-state index in [1.807, 2.05) is 54.0 Å². The molecule has 2 saturated heterocycles. The summed E-state index contributed by atoms with van der Waals surface area (Å²) in [5.41, 5.74) is 1.83. The first-order chi connectivity index (χ1) is 14.5. The predicted octanol–water partition coefficient (Wildman–Crippen LogP) is 3.47. The van der Waals surface area contributed by atoms with E-state index in [9.17, 15) is 9.59 Å². The van der Waals surface area contributed by atoms with Crippen molar-refractivity contribution in [3.8, 4) is 10.6 Å². The van der Waals surface area contributed by atoms with Gasteiger partial charge in [-0.15, -0.1) is 11.3 Å². The van der Waals surface area contributed by atoms with Gasteiger partial charge in [0, 0.05) is 37.7 Å². The van der Waals surface area contributed by atoms with E-state index in [0.29, 0.717) is 45.3 Å². The lowest BCUT2D eigenvalue weighted by atomic mass is 9.84. The molecule has 0 bridgehead atoms. The minimum Gasteiger partial charge on any atom is -0.378 e. The highest BCUT2D eigenvalue weighted by atomic mass is 32.1. The molecular formula is C23H29N3O3S.